The molecule has 0 aliphatic rings. The van der Waals surface area contributed by atoms with Gasteiger partial charge in [-0.05, 0) is 18.2 Å². The number of hydrogen-bond acceptors (Lipinski definition) is 4. The van der Waals surface area contributed by atoms with Gasteiger partial charge in [0.1, 0.15) is 11.6 Å². The molecule has 2 aromatic rings. The fourth-order valence-corrected chi connectivity index (χ4v) is 1.63. The molecule has 0 unspecified atom stereocenters. The van der Waals surface area contributed by atoms with Crippen molar-refractivity contribution < 1.29 is 26.8 Å². The Bertz CT molecular complexity index is 607. The number of aromatic nitrogens is 1. The summed E-state index contributed by atoms with van der Waals surface area (Å²) in [6.45, 7) is 0. The normalized spacial score (nSPS) is 11.6. The molecule has 0 atom stereocenters. The first-order chi connectivity index (χ1) is 8.84. The highest BCUT2D eigenvalue weighted by atomic mass is 19.4. The Balaban J connectivity index is 2.72. The molecule has 0 aliphatic carbocycles. The third-order valence-corrected chi connectivity index (χ3v) is 2.42. The van der Waals surface area contributed by atoms with Crippen molar-refractivity contribution in [1.82, 2.24) is 5.16 Å². The first kappa shape index (κ1) is 13.2. The van der Waals surface area contributed by atoms with E-state index in [0.29, 0.717) is 0 Å². The number of nitrogens with zero attached hydrogens (tertiary/aromatic N) is 1. The molecule has 8 heteroatoms. The van der Waals surface area contributed by atoms with Gasteiger partial charge in [0, 0.05) is 5.56 Å². The third-order valence-electron chi connectivity index (χ3n) is 2.42. The van der Waals surface area contributed by atoms with Crippen molar-refractivity contribution >= 4 is 5.88 Å². The Morgan fingerprint density at radius 3 is 2.58 bits per heavy atom. The standard InChI is InChI=1S/C11H8F4N2O2/c1-18-7-3-2-5(12)4-6(7)8-9(11(13,14)15)17-19-10(8)16/h2-4H,16H2,1H3. The molecule has 0 radical (unpaired) electrons. The molecule has 2 rings (SSSR count). The van der Waals surface area contributed by atoms with Crippen LogP contribution >= 0.6 is 0 Å². The predicted octanol–water partition coefficient (Wildman–Crippen LogP) is 3.09. The summed E-state index contributed by atoms with van der Waals surface area (Å²) in [5.41, 5.74) is 3.30. The number of benzene rings is 1. The van der Waals surface area contributed by atoms with Gasteiger partial charge in [0.25, 0.3) is 0 Å². The molecule has 0 amide bonds. The van der Waals surface area contributed by atoms with E-state index in [2.05, 4.69) is 9.68 Å². The summed E-state index contributed by atoms with van der Waals surface area (Å²) < 4.78 is 60.8. The first-order valence-electron chi connectivity index (χ1n) is 5.01. The van der Waals surface area contributed by atoms with Gasteiger partial charge < -0.3 is 15.0 Å². The van der Waals surface area contributed by atoms with Crippen LogP contribution in [0.4, 0.5) is 23.4 Å². The number of anilines is 1. The van der Waals surface area contributed by atoms with Gasteiger partial charge in [0.05, 0.1) is 12.7 Å². The number of nitrogen functional groups attached to an aromatic ring is 1. The van der Waals surface area contributed by atoms with Crippen molar-refractivity contribution in [3.8, 4) is 16.9 Å². The Morgan fingerprint density at radius 1 is 1.32 bits per heavy atom. The molecule has 0 saturated heterocycles. The minimum atomic E-state index is -4.77. The van der Waals surface area contributed by atoms with Gasteiger partial charge in [0.2, 0.25) is 5.88 Å². The predicted molar refractivity (Wildman–Crippen MR) is 57.9 cm³/mol. The zero-order valence-corrected chi connectivity index (χ0v) is 9.58. The Hall–Kier alpha value is -2.25. The number of hydrogen-bond donors (Lipinski definition) is 1. The van der Waals surface area contributed by atoms with Gasteiger partial charge >= 0.3 is 6.18 Å². The first-order valence-corrected chi connectivity index (χ1v) is 5.01. The molecule has 0 fully saturated rings. The van der Waals surface area contributed by atoms with Gasteiger partial charge in [-0.3, -0.25) is 0 Å². The fourth-order valence-electron chi connectivity index (χ4n) is 1.63. The molecular formula is C11H8F4N2O2. The molecule has 19 heavy (non-hydrogen) atoms. The smallest absolute Gasteiger partial charge is 0.437 e. The molecule has 0 saturated carbocycles. The van der Waals surface area contributed by atoms with Crippen LogP contribution in [0.25, 0.3) is 11.1 Å². The minimum absolute atomic E-state index is 0.0294. The summed E-state index contributed by atoms with van der Waals surface area (Å²) in [6, 6.07) is 3.12. The summed E-state index contributed by atoms with van der Waals surface area (Å²) in [4.78, 5) is 0. The van der Waals surface area contributed by atoms with E-state index in [-0.39, 0.29) is 11.3 Å². The maximum absolute atomic E-state index is 13.2. The van der Waals surface area contributed by atoms with Gasteiger partial charge in [-0.15, -0.1) is 0 Å². The van der Waals surface area contributed by atoms with Gasteiger partial charge in [0.15, 0.2) is 5.69 Å². The third kappa shape index (κ3) is 2.33. The van der Waals surface area contributed by atoms with Crippen LogP contribution in [0.2, 0.25) is 0 Å². The second-order valence-corrected chi connectivity index (χ2v) is 3.61. The average molecular weight is 276 g/mol. The molecule has 102 valence electrons. The van der Waals surface area contributed by atoms with Crippen LogP contribution in [0.15, 0.2) is 22.7 Å². The molecular weight excluding hydrogens is 268 g/mol. The van der Waals surface area contributed by atoms with Crippen LogP contribution in [0, 0.1) is 5.82 Å². The van der Waals surface area contributed by atoms with Crippen molar-refractivity contribution in [3.63, 3.8) is 0 Å². The summed E-state index contributed by atoms with van der Waals surface area (Å²) in [6.07, 6.45) is -4.77. The minimum Gasteiger partial charge on any atom is -0.496 e. The lowest BCUT2D eigenvalue weighted by Gasteiger charge is -2.10. The molecule has 1 aromatic heterocycles. The summed E-state index contributed by atoms with van der Waals surface area (Å²) >= 11 is 0. The molecule has 1 heterocycles. The SMILES string of the molecule is COc1ccc(F)cc1-c1c(C(F)(F)F)noc1N. The van der Waals surface area contributed by atoms with E-state index in [9.17, 15) is 17.6 Å². The Morgan fingerprint density at radius 2 is 2.00 bits per heavy atom. The van der Waals surface area contributed by atoms with Crippen molar-refractivity contribution in [2.45, 2.75) is 6.18 Å². The lowest BCUT2D eigenvalue weighted by atomic mass is 10.0. The number of alkyl halides is 3. The van der Waals surface area contributed by atoms with Crippen molar-refractivity contribution in [3.05, 3.63) is 29.7 Å². The largest absolute Gasteiger partial charge is 0.496 e. The zero-order chi connectivity index (χ0) is 14.2. The summed E-state index contributed by atoms with van der Waals surface area (Å²) in [5, 5.41) is 2.87. The maximum atomic E-state index is 13.2. The lowest BCUT2D eigenvalue weighted by Crippen LogP contribution is -2.08. The number of ether oxygens (including phenoxy) is 1. The second kappa shape index (κ2) is 4.45. The average Bonchev–Trinajstić information content (AvgIpc) is 2.70. The van der Waals surface area contributed by atoms with E-state index in [1.54, 1.807) is 0 Å². The molecule has 0 bridgehead atoms. The van der Waals surface area contributed by atoms with Crippen LogP contribution in [0.3, 0.4) is 0 Å². The monoisotopic (exact) mass is 276 g/mol. The van der Waals surface area contributed by atoms with Crippen LogP contribution in [0.1, 0.15) is 5.69 Å². The van der Waals surface area contributed by atoms with E-state index in [1.807, 2.05) is 0 Å². The summed E-state index contributed by atoms with van der Waals surface area (Å²) in [5.74, 6) is -1.26. The number of methoxy groups -OCH3 is 1. The number of nitrogens with two attached hydrogens (primary N) is 1. The van der Waals surface area contributed by atoms with Crippen LogP contribution in [-0.2, 0) is 6.18 Å². The Labute approximate surface area is 104 Å². The van der Waals surface area contributed by atoms with E-state index in [4.69, 9.17) is 10.5 Å². The van der Waals surface area contributed by atoms with Gasteiger partial charge in [-0.1, -0.05) is 5.16 Å². The zero-order valence-electron chi connectivity index (χ0n) is 9.58. The van der Waals surface area contributed by atoms with Crippen molar-refractivity contribution in [1.29, 1.82) is 0 Å². The van der Waals surface area contributed by atoms with Crippen LogP contribution < -0.4 is 10.5 Å². The quantitative estimate of drug-likeness (QED) is 0.856. The molecule has 4 nitrogen and oxygen atoms in total. The van der Waals surface area contributed by atoms with E-state index < -0.39 is 29.1 Å². The highest BCUT2D eigenvalue weighted by molar-refractivity contribution is 5.80. The molecule has 2 N–H and O–H groups in total. The van der Waals surface area contributed by atoms with Crippen molar-refractivity contribution in [2.24, 2.45) is 0 Å². The molecule has 1 aromatic carbocycles. The highest BCUT2D eigenvalue weighted by Gasteiger charge is 2.40. The number of rotatable bonds is 2. The fraction of sp³-hybridized carbons (Fsp3) is 0.182. The molecule has 0 aliphatic heterocycles. The second-order valence-electron chi connectivity index (χ2n) is 3.61. The van der Waals surface area contributed by atoms with E-state index in [0.717, 1.165) is 12.1 Å². The number of halogens is 4. The van der Waals surface area contributed by atoms with E-state index in [1.165, 1.54) is 13.2 Å². The van der Waals surface area contributed by atoms with Crippen LogP contribution in [-0.4, -0.2) is 12.3 Å². The van der Waals surface area contributed by atoms with Gasteiger partial charge in [-0.25, -0.2) is 4.39 Å². The Kier molecular flexibility index (Phi) is 3.09. The maximum Gasteiger partial charge on any atom is 0.437 e. The lowest BCUT2D eigenvalue weighted by molar-refractivity contribution is -0.142. The van der Waals surface area contributed by atoms with Gasteiger partial charge in [-0.2, -0.15) is 13.2 Å². The van der Waals surface area contributed by atoms with E-state index >= 15 is 0 Å². The summed E-state index contributed by atoms with van der Waals surface area (Å²) in [7, 11) is 1.24. The van der Waals surface area contributed by atoms with Crippen LogP contribution in [0.5, 0.6) is 5.75 Å². The van der Waals surface area contributed by atoms with Crippen molar-refractivity contribution in [2.75, 3.05) is 12.8 Å². The molecule has 0 spiro atoms. The topological polar surface area (TPSA) is 61.3 Å². The highest BCUT2D eigenvalue weighted by Crippen LogP contribution is 2.43.